The highest BCUT2D eigenvalue weighted by molar-refractivity contribution is 5.69. The number of nitrogens with zero attached hydrogens (tertiary/aromatic N) is 3. The number of aryl methyl sites for hydroxylation is 2. The second kappa shape index (κ2) is 7.16. The average molecular weight is 344 g/mol. The van der Waals surface area contributed by atoms with Crippen LogP contribution >= 0.6 is 0 Å². The highest BCUT2D eigenvalue weighted by Crippen LogP contribution is 2.27. The average Bonchev–Trinajstić information content (AvgIpc) is 3.20. The van der Waals surface area contributed by atoms with Crippen LogP contribution in [-0.2, 0) is 0 Å². The molecule has 0 unspecified atom stereocenters. The van der Waals surface area contributed by atoms with E-state index >= 15 is 0 Å². The largest absolute Gasteiger partial charge is 0.341 e. The maximum Gasteiger partial charge on any atom is 0.227 e. The van der Waals surface area contributed by atoms with Gasteiger partial charge in [-0.25, -0.2) is 4.98 Å². The van der Waals surface area contributed by atoms with Crippen molar-refractivity contribution in [2.45, 2.75) is 26.7 Å². The van der Waals surface area contributed by atoms with Gasteiger partial charge in [0.05, 0.1) is 5.69 Å². The minimum atomic E-state index is 0.816. The predicted molar refractivity (Wildman–Crippen MR) is 108 cm³/mol. The summed E-state index contributed by atoms with van der Waals surface area (Å²) in [6, 6.07) is 18.8. The summed E-state index contributed by atoms with van der Waals surface area (Å²) in [6.45, 7) is 6.28. The lowest BCUT2D eigenvalue weighted by Crippen LogP contribution is -2.21. The van der Waals surface area contributed by atoms with Crippen molar-refractivity contribution >= 4 is 17.5 Å². The van der Waals surface area contributed by atoms with Crippen LogP contribution in [0.25, 0.3) is 11.3 Å². The van der Waals surface area contributed by atoms with E-state index in [-0.39, 0.29) is 0 Å². The lowest BCUT2D eigenvalue weighted by Gasteiger charge is -2.18. The number of hydrogen-bond acceptors (Lipinski definition) is 4. The number of benzene rings is 2. The summed E-state index contributed by atoms with van der Waals surface area (Å²) in [4.78, 5) is 11.9. The molecule has 3 aromatic rings. The summed E-state index contributed by atoms with van der Waals surface area (Å²) in [5, 5.41) is 3.51. The molecule has 4 rings (SSSR count). The van der Waals surface area contributed by atoms with Crippen molar-refractivity contribution in [1.82, 2.24) is 9.97 Å². The zero-order valence-electron chi connectivity index (χ0n) is 15.4. The van der Waals surface area contributed by atoms with Gasteiger partial charge in [-0.2, -0.15) is 4.98 Å². The zero-order valence-corrected chi connectivity index (χ0v) is 15.4. The monoisotopic (exact) mass is 344 g/mol. The Morgan fingerprint density at radius 3 is 2.42 bits per heavy atom. The molecule has 0 amide bonds. The lowest BCUT2D eigenvalue weighted by atomic mass is 10.1. The summed E-state index contributed by atoms with van der Waals surface area (Å²) in [5.41, 5.74) is 5.60. The Labute approximate surface area is 154 Å². The van der Waals surface area contributed by atoms with Gasteiger partial charge in [0.2, 0.25) is 5.95 Å². The van der Waals surface area contributed by atoms with Crippen LogP contribution in [0.1, 0.15) is 24.0 Å². The maximum absolute atomic E-state index is 4.84. The minimum Gasteiger partial charge on any atom is -0.341 e. The van der Waals surface area contributed by atoms with Gasteiger partial charge >= 0.3 is 0 Å². The standard InChI is InChI=1S/C22H24N4/c1-16-10-11-17(2)19(14-16)23-21-15-20(18-8-4-3-5-9-18)24-22(25-21)26-12-6-7-13-26/h3-5,8-11,14-15H,6-7,12-13H2,1-2H3,(H,23,24,25). The molecule has 1 aliphatic heterocycles. The molecule has 4 nitrogen and oxygen atoms in total. The summed E-state index contributed by atoms with van der Waals surface area (Å²) < 4.78 is 0. The van der Waals surface area contributed by atoms with E-state index in [0.29, 0.717) is 0 Å². The topological polar surface area (TPSA) is 41.1 Å². The third kappa shape index (κ3) is 3.54. The van der Waals surface area contributed by atoms with Gasteiger partial charge in [0, 0.05) is 30.4 Å². The van der Waals surface area contributed by atoms with Crippen molar-refractivity contribution in [2.75, 3.05) is 23.3 Å². The molecular formula is C22H24N4. The van der Waals surface area contributed by atoms with Gasteiger partial charge < -0.3 is 10.2 Å². The first-order valence-corrected chi connectivity index (χ1v) is 9.23. The quantitative estimate of drug-likeness (QED) is 0.714. The van der Waals surface area contributed by atoms with Gasteiger partial charge in [-0.05, 0) is 43.9 Å². The molecule has 0 spiro atoms. The van der Waals surface area contributed by atoms with Crippen LogP contribution in [0.2, 0.25) is 0 Å². The van der Waals surface area contributed by atoms with Crippen molar-refractivity contribution < 1.29 is 0 Å². The van der Waals surface area contributed by atoms with Crippen LogP contribution in [0.4, 0.5) is 17.5 Å². The summed E-state index contributed by atoms with van der Waals surface area (Å²) in [5.74, 6) is 1.66. The fourth-order valence-electron chi connectivity index (χ4n) is 3.32. The Morgan fingerprint density at radius 2 is 1.65 bits per heavy atom. The third-order valence-electron chi connectivity index (χ3n) is 4.83. The molecule has 2 aromatic carbocycles. The second-order valence-corrected chi connectivity index (χ2v) is 6.94. The van der Waals surface area contributed by atoms with Crippen molar-refractivity contribution in [3.63, 3.8) is 0 Å². The van der Waals surface area contributed by atoms with Gasteiger partial charge in [-0.1, -0.05) is 42.5 Å². The van der Waals surface area contributed by atoms with E-state index in [0.717, 1.165) is 41.8 Å². The van der Waals surface area contributed by atoms with E-state index in [9.17, 15) is 0 Å². The summed E-state index contributed by atoms with van der Waals surface area (Å²) in [7, 11) is 0. The maximum atomic E-state index is 4.84. The van der Waals surface area contributed by atoms with Gasteiger partial charge in [0.1, 0.15) is 5.82 Å². The third-order valence-corrected chi connectivity index (χ3v) is 4.83. The molecule has 4 heteroatoms. The first kappa shape index (κ1) is 16.6. The molecule has 1 saturated heterocycles. The van der Waals surface area contributed by atoms with Crippen molar-refractivity contribution in [2.24, 2.45) is 0 Å². The molecule has 0 radical (unpaired) electrons. The number of hydrogen-bond donors (Lipinski definition) is 1. The Kier molecular flexibility index (Phi) is 4.57. The molecule has 0 saturated carbocycles. The normalized spacial score (nSPS) is 13.8. The highest BCUT2D eigenvalue weighted by atomic mass is 15.3. The van der Waals surface area contributed by atoms with Crippen LogP contribution in [0, 0.1) is 13.8 Å². The fraction of sp³-hybridized carbons (Fsp3) is 0.273. The van der Waals surface area contributed by atoms with Gasteiger partial charge in [-0.3, -0.25) is 0 Å². The molecule has 26 heavy (non-hydrogen) atoms. The fourth-order valence-corrected chi connectivity index (χ4v) is 3.32. The molecule has 132 valence electrons. The smallest absolute Gasteiger partial charge is 0.227 e. The van der Waals surface area contributed by atoms with E-state index in [1.54, 1.807) is 0 Å². The van der Waals surface area contributed by atoms with E-state index in [2.05, 4.69) is 54.4 Å². The second-order valence-electron chi connectivity index (χ2n) is 6.94. The molecule has 0 bridgehead atoms. The number of rotatable bonds is 4. The number of nitrogens with one attached hydrogen (secondary N) is 1. The van der Waals surface area contributed by atoms with Crippen LogP contribution < -0.4 is 10.2 Å². The van der Waals surface area contributed by atoms with Crippen LogP contribution in [0.3, 0.4) is 0 Å². The highest BCUT2D eigenvalue weighted by Gasteiger charge is 2.17. The molecule has 2 heterocycles. The summed E-state index contributed by atoms with van der Waals surface area (Å²) >= 11 is 0. The van der Waals surface area contributed by atoms with Crippen molar-refractivity contribution in [1.29, 1.82) is 0 Å². The molecule has 0 aliphatic carbocycles. The summed E-state index contributed by atoms with van der Waals surface area (Å²) in [6.07, 6.45) is 2.41. The van der Waals surface area contributed by atoms with Crippen molar-refractivity contribution in [3.8, 4) is 11.3 Å². The van der Waals surface area contributed by atoms with Gasteiger partial charge in [-0.15, -0.1) is 0 Å². The lowest BCUT2D eigenvalue weighted by molar-refractivity contribution is 0.902. The first-order chi connectivity index (χ1) is 12.7. The molecular weight excluding hydrogens is 320 g/mol. The predicted octanol–water partition coefficient (Wildman–Crippen LogP) is 5.10. The molecule has 1 aromatic heterocycles. The van der Waals surface area contributed by atoms with Crippen LogP contribution in [0.15, 0.2) is 54.6 Å². The van der Waals surface area contributed by atoms with Gasteiger partial charge in [0.25, 0.3) is 0 Å². The molecule has 1 fully saturated rings. The van der Waals surface area contributed by atoms with E-state index < -0.39 is 0 Å². The Hall–Kier alpha value is -2.88. The van der Waals surface area contributed by atoms with E-state index in [1.807, 2.05) is 24.3 Å². The van der Waals surface area contributed by atoms with Gasteiger partial charge in [0.15, 0.2) is 0 Å². The number of anilines is 3. The van der Waals surface area contributed by atoms with E-state index in [4.69, 9.17) is 9.97 Å². The van der Waals surface area contributed by atoms with Crippen molar-refractivity contribution in [3.05, 3.63) is 65.7 Å². The van der Waals surface area contributed by atoms with Crippen LogP contribution in [0.5, 0.6) is 0 Å². The Morgan fingerprint density at radius 1 is 0.885 bits per heavy atom. The minimum absolute atomic E-state index is 0.816. The Bertz CT molecular complexity index is 899. The number of aromatic nitrogens is 2. The van der Waals surface area contributed by atoms with E-state index in [1.165, 1.54) is 24.0 Å². The SMILES string of the molecule is Cc1ccc(C)c(Nc2cc(-c3ccccc3)nc(N3CCCC3)n2)c1. The zero-order chi connectivity index (χ0) is 17.9. The van der Waals surface area contributed by atoms with Crippen LogP contribution in [-0.4, -0.2) is 23.1 Å². The molecule has 1 N–H and O–H groups in total. The molecule has 1 aliphatic rings. The first-order valence-electron chi connectivity index (χ1n) is 9.23. The Balaban J connectivity index is 1.75. The molecule has 0 atom stereocenters.